The van der Waals surface area contributed by atoms with Crippen LogP contribution in [-0.2, 0) is 9.47 Å². The first kappa shape index (κ1) is 50.5. The van der Waals surface area contributed by atoms with Crippen molar-refractivity contribution in [2.24, 2.45) is 11.8 Å². The lowest BCUT2D eigenvalue weighted by atomic mass is 9.95. The van der Waals surface area contributed by atoms with Gasteiger partial charge in [-0.1, -0.05) is 156 Å². The normalized spacial score (nSPS) is 12.6. The Hall–Kier alpha value is -1.54. The van der Waals surface area contributed by atoms with Gasteiger partial charge >= 0.3 is 12.2 Å². The molecule has 0 heterocycles. The van der Waals surface area contributed by atoms with Crippen LogP contribution in [0, 0.1) is 11.8 Å². The van der Waals surface area contributed by atoms with Crippen molar-refractivity contribution < 1.29 is 24.2 Å². The third-order valence-corrected chi connectivity index (χ3v) is 10.5. The van der Waals surface area contributed by atoms with Crippen LogP contribution in [0.2, 0.25) is 0 Å². The van der Waals surface area contributed by atoms with Crippen LogP contribution >= 0.6 is 0 Å². The van der Waals surface area contributed by atoms with Gasteiger partial charge in [0.1, 0.15) is 0 Å². The van der Waals surface area contributed by atoms with Gasteiger partial charge in [-0.3, -0.25) is 0 Å². The molecule has 0 spiro atoms. The first-order valence-corrected chi connectivity index (χ1v) is 22.6. The molecule has 2 unspecified atom stereocenters. The zero-order valence-corrected chi connectivity index (χ0v) is 35.1. The van der Waals surface area contributed by atoms with Gasteiger partial charge in [0.05, 0.1) is 19.8 Å². The Morgan fingerprint density at radius 2 is 0.788 bits per heavy atom. The molecule has 0 saturated heterocycles. The number of nitrogens with one attached hydrogen (secondary N) is 2. The second kappa shape index (κ2) is 40.6. The fourth-order valence-electron chi connectivity index (χ4n) is 7.04. The van der Waals surface area contributed by atoms with E-state index >= 15 is 0 Å². The van der Waals surface area contributed by atoms with Crippen molar-refractivity contribution in [2.45, 2.75) is 207 Å². The van der Waals surface area contributed by atoms with Crippen molar-refractivity contribution in [2.75, 3.05) is 52.5 Å². The second-order valence-electron chi connectivity index (χ2n) is 15.6. The number of alkyl carbamates (subject to hydrolysis) is 2. The van der Waals surface area contributed by atoms with Crippen LogP contribution in [-0.4, -0.2) is 74.7 Å². The summed E-state index contributed by atoms with van der Waals surface area (Å²) >= 11 is 0. The first-order chi connectivity index (χ1) is 25.5. The van der Waals surface area contributed by atoms with Crippen molar-refractivity contribution in [1.82, 2.24) is 15.5 Å². The summed E-state index contributed by atoms with van der Waals surface area (Å²) in [6.45, 7) is 13.8. The largest absolute Gasteiger partial charge is 0.449 e. The maximum absolute atomic E-state index is 12.4. The average molecular weight is 740 g/mol. The number of hydrogen-bond donors (Lipinski definition) is 3. The van der Waals surface area contributed by atoms with E-state index < -0.39 is 0 Å². The number of aliphatic hydroxyl groups is 1. The monoisotopic (exact) mass is 740 g/mol. The molecule has 0 radical (unpaired) electrons. The van der Waals surface area contributed by atoms with Gasteiger partial charge in [-0.05, 0) is 76.3 Å². The summed E-state index contributed by atoms with van der Waals surface area (Å²) in [4.78, 5) is 27.1. The molecule has 8 nitrogen and oxygen atoms in total. The van der Waals surface area contributed by atoms with Crippen LogP contribution in [0.25, 0.3) is 0 Å². The summed E-state index contributed by atoms with van der Waals surface area (Å²) in [7, 11) is 0. The lowest BCUT2D eigenvalue weighted by molar-refractivity contribution is 0.119. The molecular weight excluding hydrogens is 650 g/mol. The van der Waals surface area contributed by atoms with Gasteiger partial charge in [0.15, 0.2) is 0 Å². The zero-order valence-electron chi connectivity index (χ0n) is 35.1. The second-order valence-corrected chi connectivity index (χ2v) is 15.6. The summed E-state index contributed by atoms with van der Waals surface area (Å²) in [5.41, 5.74) is 0. The summed E-state index contributed by atoms with van der Waals surface area (Å²) in [6.07, 6.45) is 33.3. The number of ether oxygens (including phenoxy) is 2. The highest BCUT2D eigenvalue weighted by molar-refractivity contribution is 5.67. The average Bonchev–Trinajstić information content (AvgIpc) is 3.14. The molecule has 0 aromatic carbocycles. The third kappa shape index (κ3) is 35.5. The number of carbonyl (C=O) groups excluding carboxylic acids is 2. The Bertz CT molecular complexity index is 697. The summed E-state index contributed by atoms with van der Waals surface area (Å²) in [6, 6.07) is 0. The maximum atomic E-state index is 12.4. The van der Waals surface area contributed by atoms with Crippen LogP contribution in [0.1, 0.15) is 207 Å². The van der Waals surface area contributed by atoms with Crippen molar-refractivity contribution >= 4 is 12.2 Å². The molecule has 0 aromatic heterocycles. The van der Waals surface area contributed by atoms with Gasteiger partial charge in [-0.25, -0.2) is 9.59 Å². The molecule has 0 aliphatic heterocycles. The zero-order chi connectivity index (χ0) is 38.2. The molecule has 0 aromatic rings. The fraction of sp³-hybridized carbons (Fsp3) is 0.955. The molecular formula is C44H89N3O5. The Kier molecular flexibility index (Phi) is 39.4. The van der Waals surface area contributed by atoms with E-state index in [4.69, 9.17) is 9.47 Å². The molecule has 3 N–H and O–H groups in total. The lowest BCUT2D eigenvalue weighted by Gasteiger charge is -2.21. The van der Waals surface area contributed by atoms with E-state index in [-0.39, 0.29) is 18.8 Å². The van der Waals surface area contributed by atoms with Gasteiger partial charge in [0, 0.05) is 19.6 Å². The van der Waals surface area contributed by atoms with E-state index in [1.165, 1.54) is 128 Å². The van der Waals surface area contributed by atoms with E-state index in [0.29, 0.717) is 44.7 Å². The highest BCUT2D eigenvalue weighted by Gasteiger charge is 2.14. The van der Waals surface area contributed by atoms with Gasteiger partial charge in [0.25, 0.3) is 0 Å². The van der Waals surface area contributed by atoms with Gasteiger partial charge in [-0.2, -0.15) is 0 Å². The molecule has 0 saturated carbocycles. The fourth-order valence-corrected chi connectivity index (χ4v) is 7.04. The predicted molar refractivity (Wildman–Crippen MR) is 221 cm³/mol. The smallest absolute Gasteiger partial charge is 0.407 e. The molecule has 2 atom stereocenters. The van der Waals surface area contributed by atoms with Crippen LogP contribution in [0.4, 0.5) is 9.59 Å². The van der Waals surface area contributed by atoms with E-state index in [2.05, 4.69) is 43.2 Å². The molecule has 52 heavy (non-hydrogen) atoms. The minimum Gasteiger partial charge on any atom is -0.449 e. The Morgan fingerprint density at radius 3 is 1.13 bits per heavy atom. The third-order valence-electron chi connectivity index (χ3n) is 10.5. The lowest BCUT2D eigenvalue weighted by Crippen LogP contribution is -2.32. The number of unbranched alkanes of at least 4 members (excludes halogenated alkanes) is 18. The summed E-state index contributed by atoms with van der Waals surface area (Å²) in [5, 5.41) is 15.5. The highest BCUT2D eigenvalue weighted by Crippen LogP contribution is 2.21. The Labute approximate surface area is 323 Å². The van der Waals surface area contributed by atoms with E-state index in [9.17, 15) is 14.7 Å². The molecule has 8 heteroatoms. The molecule has 0 fully saturated rings. The molecule has 0 bridgehead atoms. The quantitative estimate of drug-likeness (QED) is 0.0541. The van der Waals surface area contributed by atoms with Crippen molar-refractivity contribution in [3.63, 3.8) is 0 Å². The minimum absolute atomic E-state index is 0.131. The van der Waals surface area contributed by atoms with Crippen molar-refractivity contribution in [3.05, 3.63) is 0 Å². The molecule has 0 aliphatic rings. The molecule has 2 amide bonds. The van der Waals surface area contributed by atoms with E-state index in [1.807, 2.05) is 0 Å². The van der Waals surface area contributed by atoms with Gasteiger partial charge in [0.2, 0.25) is 0 Å². The van der Waals surface area contributed by atoms with Gasteiger partial charge < -0.3 is 30.1 Å². The van der Waals surface area contributed by atoms with Crippen LogP contribution in [0.5, 0.6) is 0 Å². The molecule has 0 rings (SSSR count). The number of rotatable bonds is 40. The van der Waals surface area contributed by atoms with Crippen LogP contribution in [0.3, 0.4) is 0 Å². The Morgan fingerprint density at radius 1 is 0.462 bits per heavy atom. The summed E-state index contributed by atoms with van der Waals surface area (Å²) in [5.74, 6) is 0.942. The van der Waals surface area contributed by atoms with Crippen molar-refractivity contribution in [1.29, 1.82) is 0 Å². The number of aliphatic hydroxyl groups excluding tert-OH is 1. The number of carbonyl (C=O) groups is 2. The molecule has 0 aliphatic carbocycles. The Balaban J connectivity index is 4.22. The van der Waals surface area contributed by atoms with E-state index in [1.54, 1.807) is 0 Å². The standard InChI is InChI=1S/C44H89N3O5/c1-5-9-13-17-19-23-31-41(29-21-15-11-7-3)39-51-43(49)45-33-25-27-35-47(37-38-48)36-28-26-34-46-44(50)52-40-42(30-22-16-12-8-4)32-24-20-18-14-10-6-2/h41-42,48H,5-40H2,1-4H3,(H,45,49)(H,46,50). The highest BCUT2D eigenvalue weighted by atomic mass is 16.6. The van der Waals surface area contributed by atoms with Gasteiger partial charge in [-0.15, -0.1) is 0 Å². The SMILES string of the molecule is CCCCCCCCC(CCCCCC)COC(=O)NCCCCN(CCO)CCCCNC(=O)OCC(CCCCCC)CCCCCCCC. The van der Waals surface area contributed by atoms with E-state index in [0.717, 1.165) is 64.5 Å². The number of amides is 2. The topological polar surface area (TPSA) is 100 Å². The summed E-state index contributed by atoms with van der Waals surface area (Å²) < 4.78 is 11.3. The predicted octanol–water partition coefficient (Wildman–Crippen LogP) is 12.0. The van der Waals surface area contributed by atoms with Crippen molar-refractivity contribution in [3.8, 4) is 0 Å². The number of hydrogen-bond acceptors (Lipinski definition) is 6. The molecule has 310 valence electrons. The first-order valence-electron chi connectivity index (χ1n) is 22.6. The van der Waals surface area contributed by atoms with Crippen LogP contribution < -0.4 is 10.6 Å². The maximum Gasteiger partial charge on any atom is 0.407 e. The number of nitrogens with zero attached hydrogens (tertiary/aromatic N) is 1. The minimum atomic E-state index is -0.292. The van der Waals surface area contributed by atoms with Crippen LogP contribution in [0.15, 0.2) is 0 Å².